The minimum Gasteiger partial charge on any atom is -0.256 e. The molecule has 0 saturated heterocycles. The van der Waals surface area contributed by atoms with Crippen molar-refractivity contribution < 1.29 is 0 Å². The molecule has 2 aromatic rings. The fourth-order valence-electron chi connectivity index (χ4n) is 2.24. The largest absolute Gasteiger partial charge is 0.256 e. The predicted octanol–water partition coefficient (Wildman–Crippen LogP) is 6.07. The molecule has 0 aromatic heterocycles. The van der Waals surface area contributed by atoms with Gasteiger partial charge in [0, 0.05) is 6.21 Å². The van der Waals surface area contributed by atoms with Crippen LogP contribution in [-0.4, -0.2) is 6.21 Å². The Morgan fingerprint density at radius 2 is 1.43 bits per heavy atom. The highest BCUT2D eigenvalue weighted by Crippen LogP contribution is 2.22. The van der Waals surface area contributed by atoms with Crippen molar-refractivity contribution >= 4 is 11.9 Å². The van der Waals surface area contributed by atoms with E-state index < -0.39 is 0 Å². The highest BCUT2D eigenvalue weighted by molar-refractivity contribution is 5.81. The van der Waals surface area contributed by atoms with Gasteiger partial charge in [-0.1, -0.05) is 64.1 Å². The van der Waals surface area contributed by atoms with Gasteiger partial charge in [-0.2, -0.15) is 0 Å². The second-order valence-electron chi connectivity index (χ2n) is 5.98. The summed E-state index contributed by atoms with van der Waals surface area (Å²) in [5.41, 5.74) is 4.91. The molecule has 0 bridgehead atoms. The second-order valence-corrected chi connectivity index (χ2v) is 5.98. The molecule has 21 heavy (non-hydrogen) atoms. The van der Waals surface area contributed by atoms with Gasteiger partial charge < -0.3 is 0 Å². The van der Waals surface area contributed by atoms with Crippen molar-refractivity contribution in [3.05, 3.63) is 65.2 Å². The van der Waals surface area contributed by atoms with Gasteiger partial charge in [0.2, 0.25) is 0 Å². The van der Waals surface area contributed by atoms with E-state index in [9.17, 15) is 0 Å². The first kappa shape index (κ1) is 15.5. The fourth-order valence-corrected chi connectivity index (χ4v) is 2.24. The highest BCUT2D eigenvalue weighted by Gasteiger charge is 2.01. The Labute approximate surface area is 128 Å². The van der Waals surface area contributed by atoms with E-state index in [0.717, 1.165) is 11.3 Å². The van der Waals surface area contributed by atoms with E-state index in [1.807, 2.05) is 6.21 Å². The molecule has 0 saturated carbocycles. The molecule has 0 aliphatic carbocycles. The van der Waals surface area contributed by atoms with Gasteiger partial charge in [0.1, 0.15) is 0 Å². The molecule has 0 amide bonds. The average Bonchev–Trinajstić information content (AvgIpc) is 2.53. The molecular formula is C20H25N. The van der Waals surface area contributed by atoms with Crippen LogP contribution in [0.1, 0.15) is 62.6 Å². The van der Waals surface area contributed by atoms with Crippen molar-refractivity contribution in [2.24, 2.45) is 4.99 Å². The van der Waals surface area contributed by atoms with Crippen LogP contribution in [0.2, 0.25) is 0 Å². The molecule has 0 aliphatic rings. The fraction of sp³-hybridized carbons (Fsp3) is 0.350. The Hall–Kier alpha value is -1.89. The van der Waals surface area contributed by atoms with E-state index in [4.69, 9.17) is 0 Å². The molecule has 1 unspecified atom stereocenters. The zero-order valence-corrected chi connectivity index (χ0v) is 13.5. The molecular weight excluding hydrogens is 254 g/mol. The maximum Gasteiger partial charge on any atom is 0.0630 e. The van der Waals surface area contributed by atoms with E-state index in [2.05, 4.69) is 81.2 Å². The number of rotatable bonds is 5. The molecule has 1 atom stereocenters. The molecule has 1 nitrogen and oxygen atoms in total. The minimum absolute atomic E-state index is 0.573. The van der Waals surface area contributed by atoms with Crippen LogP contribution in [0.3, 0.4) is 0 Å². The second kappa shape index (κ2) is 7.21. The van der Waals surface area contributed by atoms with Gasteiger partial charge in [0.25, 0.3) is 0 Å². The molecule has 2 rings (SSSR count). The first-order valence-electron chi connectivity index (χ1n) is 7.84. The van der Waals surface area contributed by atoms with Crippen LogP contribution in [-0.2, 0) is 0 Å². The van der Waals surface area contributed by atoms with E-state index in [-0.39, 0.29) is 0 Å². The van der Waals surface area contributed by atoms with Gasteiger partial charge in [-0.25, -0.2) is 0 Å². The van der Waals surface area contributed by atoms with Gasteiger partial charge in [-0.05, 0) is 47.1 Å². The van der Waals surface area contributed by atoms with E-state index in [1.165, 1.54) is 17.5 Å². The summed E-state index contributed by atoms with van der Waals surface area (Å²) in [5, 5.41) is 0. The van der Waals surface area contributed by atoms with Crippen LogP contribution >= 0.6 is 0 Å². The molecule has 0 spiro atoms. The first-order chi connectivity index (χ1) is 10.1. The number of nitrogens with zero attached hydrogens (tertiary/aromatic N) is 1. The number of aliphatic imine (C=N–C) groups is 1. The molecule has 1 heteroatoms. The lowest BCUT2D eigenvalue weighted by Gasteiger charge is -2.08. The van der Waals surface area contributed by atoms with Crippen LogP contribution in [0.4, 0.5) is 5.69 Å². The summed E-state index contributed by atoms with van der Waals surface area (Å²) in [6, 6.07) is 17.2. The van der Waals surface area contributed by atoms with Gasteiger partial charge in [-0.3, -0.25) is 4.99 Å². The highest BCUT2D eigenvalue weighted by atomic mass is 14.7. The zero-order valence-electron chi connectivity index (χ0n) is 13.5. The van der Waals surface area contributed by atoms with Gasteiger partial charge in [0.15, 0.2) is 0 Å². The number of hydrogen-bond acceptors (Lipinski definition) is 1. The summed E-state index contributed by atoms with van der Waals surface area (Å²) in [6.07, 6.45) is 3.10. The van der Waals surface area contributed by atoms with Crippen LogP contribution in [0, 0.1) is 0 Å². The summed E-state index contributed by atoms with van der Waals surface area (Å²) < 4.78 is 0. The third kappa shape index (κ3) is 4.29. The lowest BCUT2D eigenvalue weighted by molar-refractivity contribution is 0.734. The SMILES string of the molecule is CCC(C)c1ccc(N=Cc2ccc(C(C)C)cc2)cc1. The van der Waals surface area contributed by atoms with Crippen molar-refractivity contribution in [2.75, 3.05) is 0 Å². The first-order valence-corrected chi connectivity index (χ1v) is 7.84. The third-order valence-electron chi connectivity index (χ3n) is 4.04. The predicted molar refractivity (Wildman–Crippen MR) is 92.9 cm³/mol. The molecule has 0 fully saturated rings. The number of hydrogen-bond donors (Lipinski definition) is 0. The standard InChI is InChI=1S/C20H25N/c1-5-16(4)19-10-12-20(13-11-19)21-14-17-6-8-18(9-7-17)15(2)3/h6-16H,5H2,1-4H3. The van der Waals surface area contributed by atoms with Crippen molar-refractivity contribution in [3.8, 4) is 0 Å². The van der Waals surface area contributed by atoms with Gasteiger partial charge in [0.05, 0.1) is 5.69 Å². The minimum atomic E-state index is 0.573. The summed E-state index contributed by atoms with van der Waals surface area (Å²) >= 11 is 0. The van der Waals surface area contributed by atoms with E-state index in [0.29, 0.717) is 11.8 Å². The Morgan fingerprint density at radius 1 is 0.857 bits per heavy atom. The topological polar surface area (TPSA) is 12.4 Å². The third-order valence-corrected chi connectivity index (χ3v) is 4.04. The molecule has 2 aromatic carbocycles. The Balaban J connectivity index is 2.06. The molecule has 0 N–H and O–H groups in total. The molecule has 0 radical (unpaired) electrons. The van der Waals surface area contributed by atoms with Crippen LogP contribution < -0.4 is 0 Å². The Bertz CT molecular complexity index is 576. The zero-order chi connectivity index (χ0) is 15.2. The quantitative estimate of drug-likeness (QED) is 0.589. The Morgan fingerprint density at radius 3 is 1.95 bits per heavy atom. The van der Waals surface area contributed by atoms with Gasteiger partial charge >= 0.3 is 0 Å². The van der Waals surface area contributed by atoms with Crippen molar-refractivity contribution in [1.29, 1.82) is 0 Å². The van der Waals surface area contributed by atoms with Crippen molar-refractivity contribution in [1.82, 2.24) is 0 Å². The van der Waals surface area contributed by atoms with Crippen LogP contribution in [0.5, 0.6) is 0 Å². The normalized spacial score (nSPS) is 13.0. The lowest BCUT2D eigenvalue weighted by atomic mass is 9.99. The smallest absolute Gasteiger partial charge is 0.0630 e. The summed E-state index contributed by atoms with van der Waals surface area (Å²) in [7, 11) is 0. The lowest BCUT2D eigenvalue weighted by Crippen LogP contribution is -1.90. The molecule has 0 heterocycles. The van der Waals surface area contributed by atoms with Crippen LogP contribution in [0.25, 0.3) is 0 Å². The molecule has 0 aliphatic heterocycles. The summed E-state index contributed by atoms with van der Waals surface area (Å²) in [4.78, 5) is 4.55. The summed E-state index contributed by atoms with van der Waals surface area (Å²) in [6.45, 7) is 8.90. The van der Waals surface area contributed by atoms with E-state index >= 15 is 0 Å². The van der Waals surface area contributed by atoms with Gasteiger partial charge in [-0.15, -0.1) is 0 Å². The Kier molecular flexibility index (Phi) is 5.32. The average molecular weight is 279 g/mol. The molecule has 110 valence electrons. The maximum atomic E-state index is 4.55. The van der Waals surface area contributed by atoms with E-state index in [1.54, 1.807) is 0 Å². The van der Waals surface area contributed by atoms with Crippen molar-refractivity contribution in [3.63, 3.8) is 0 Å². The van der Waals surface area contributed by atoms with Crippen molar-refractivity contribution in [2.45, 2.75) is 46.0 Å². The maximum absolute atomic E-state index is 4.55. The summed E-state index contributed by atoms with van der Waals surface area (Å²) in [5.74, 6) is 1.19. The van der Waals surface area contributed by atoms with Crippen LogP contribution in [0.15, 0.2) is 53.5 Å². The number of benzene rings is 2. The monoisotopic (exact) mass is 279 g/mol.